The van der Waals surface area contributed by atoms with E-state index in [0.717, 1.165) is 27.6 Å². The summed E-state index contributed by atoms with van der Waals surface area (Å²) < 4.78 is 7.48. The van der Waals surface area contributed by atoms with Gasteiger partial charge in [0.05, 0.1) is 23.3 Å². The number of thiazole rings is 1. The van der Waals surface area contributed by atoms with Gasteiger partial charge >= 0.3 is 0 Å². The van der Waals surface area contributed by atoms with Crippen LogP contribution < -0.4 is 15.4 Å². The van der Waals surface area contributed by atoms with Crippen LogP contribution >= 0.6 is 11.3 Å². The summed E-state index contributed by atoms with van der Waals surface area (Å²) in [6.45, 7) is 11.9. The number of nitrogens with zero attached hydrogens (tertiary/aromatic N) is 5. The monoisotopic (exact) mass is 561 g/mol. The fraction of sp³-hybridized carbons (Fsp3) is 0.400. The van der Waals surface area contributed by atoms with Gasteiger partial charge in [-0.1, -0.05) is 6.07 Å². The Morgan fingerprint density at radius 1 is 1.05 bits per heavy atom. The maximum Gasteiger partial charge on any atom is 0.261 e. The van der Waals surface area contributed by atoms with Crippen molar-refractivity contribution in [3.8, 4) is 0 Å². The maximum atomic E-state index is 13.3. The first-order chi connectivity index (χ1) is 19.0. The number of aryl methyl sites for hydroxylation is 2. The van der Waals surface area contributed by atoms with Crippen LogP contribution in [0.3, 0.4) is 0 Å². The second kappa shape index (κ2) is 10.7. The highest BCUT2D eigenvalue weighted by molar-refractivity contribution is 7.09. The van der Waals surface area contributed by atoms with Gasteiger partial charge in [0.25, 0.3) is 5.56 Å². The van der Waals surface area contributed by atoms with Crippen molar-refractivity contribution in [1.82, 2.24) is 14.5 Å². The molecule has 0 radical (unpaired) electrons. The van der Waals surface area contributed by atoms with Gasteiger partial charge in [-0.25, -0.2) is 4.98 Å². The molecule has 3 aromatic heterocycles. The number of fused-ring (bicyclic) bond motifs is 2. The number of benzene rings is 1. The normalized spacial score (nSPS) is 15.3. The molecule has 4 heterocycles. The summed E-state index contributed by atoms with van der Waals surface area (Å²) >= 11 is 1.59. The molecule has 0 bridgehead atoms. The summed E-state index contributed by atoms with van der Waals surface area (Å²) in [6.07, 6.45) is 3.65. The Balaban J connectivity index is 1.45. The number of rotatable bonds is 8. The molecule has 1 aliphatic rings. The minimum Gasteiger partial charge on any atom is -0.461 e. The molecule has 210 valence electrons. The predicted octanol–water partition coefficient (Wildman–Crippen LogP) is 4.73. The second-order valence-corrected chi connectivity index (χ2v) is 11.9. The van der Waals surface area contributed by atoms with Gasteiger partial charge in [-0.15, -0.1) is 11.3 Å². The summed E-state index contributed by atoms with van der Waals surface area (Å²) in [5.74, 6) is 0.289. The van der Waals surface area contributed by atoms with Crippen LogP contribution in [0.4, 0.5) is 11.4 Å². The molecule has 10 heteroatoms. The zero-order chi connectivity index (χ0) is 28.8. The first-order valence-electron chi connectivity index (χ1n) is 13.4. The van der Waals surface area contributed by atoms with E-state index >= 15 is 0 Å². The molecule has 5 rings (SSSR count). The van der Waals surface area contributed by atoms with Gasteiger partial charge in [0.1, 0.15) is 21.8 Å². The summed E-state index contributed by atoms with van der Waals surface area (Å²) in [4.78, 5) is 49.7. The second-order valence-electron chi connectivity index (χ2n) is 10.9. The van der Waals surface area contributed by atoms with Gasteiger partial charge in [-0.05, 0) is 58.4 Å². The molecule has 0 fully saturated rings. The molecule has 4 aromatic rings. The lowest BCUT2D eigenvalue weighted by atomic mass is 9.90. The Bertz CT molecular complexity index is 1640. The van der Waals surface area contributed by atoms with E-state index in [1.165, 1.54) is 0 Å². The van der Waals surface area contributed by atoms with Gasteiger partial charge in [-0.2, -0.15) is 0 Å². The van der Waals surface area contributed by atoms with Gasteiger partial charge in [0.2, 0.25) is 11.8 Å². The van der Waals surface area contributed by atoms with Crippen LogP contribution in [0.15, 0.2) is 51.3 Å². The molecule has 9 nitrogen and oxygen atoms in total. The number of furan rings is 1. The van der Waals surface area contributed by atoms with Crippen molar-refractivity contribution in [2.45, 2.75) is 54.3 Å². The molecule has 1 aromatic carbocycles. The Morgan fingerprint density at radius 3 is 2.52 bits per heavy atom. The van der Waals surface area contributed by atoms with E-state index in [-0.39, 0.29) is 17.4 Å². The van der Waals surface area contributed by atoms with Crippen LogP contribution in [0.5, 0.6) is 0 Å². The molecular weight excluding hydrogens is 526 g/mol. The largest absolute Gasteiger partial charge is 0.461 e. The summed E-state index contributed by atoms with van der Waals surface area (Å²) in [5.41, 5.74) is 2.79. The number of carbonyl (C=O) groups is 2. The Labute approximate surface area is 237 Å². The average Bonchev–Trinajstić information content (AvgIpc) is 3.58. The van der Waals surface area contributed by atoms with Gasteiger partial charge in [0.15, 0.2) is 0 Å². The van der Waals surface area contributed by atoms with E-state index in [2.05, 4.69) is 9.88 Å². The van der Waals surface area contributed by atoms with Crippen molar-refractivity contribution >= 4 is 45.5 Å². The maximum absolute atomic E-state index is 13.3. The molecule has 2 amide bonds. The minimum atomic E-state index is -1.15. The Kier molecular flexibility index (Phi) is 7.41. The lowest BCUT2D eigenvalue weighted by molar-refractivity contribution is -0.137. The molecule has 0 saturated carbocycles. The molecule has 0 spiro atoms. The molecule has 0 atom stereocenters. The number of anilines is 2. The van der Waals surface area contributed by atoms with Crippen molar-refractivity contribution in [1.29, 1.82) is 0 Å². The average molecular weight is 562 g/mol. The molecule has 0 N–H and O–H groups in total. The SMILES string of the molecule is CCN1C(=O)C(C)(C)C(=O)N(C)c2cc(CN(CCn3cc(C)c4oc(C)cc4c3=O)Cc3nccs3)ccc21. The molecule has 0 unspecified atom stereocenters. The number of pyridine rings is 1. The quantitative estimate of drug-likeness (QED) is 0.289. The van der Waals surface area contributed by atoms with E-state index in [9.17, 15) is 14.4 Å². The summed E-state index contributed by atoms with van der Waals surface area (Å²) in [7, 11) is 1.73. The standard InChI is InChI=1S/C30H35N5O4S/c1-7-35-23-9-8-21(15-24(23)32(6)28(37)30(4,5)29(35)38)17-33(18-25-31-10-13-40-25)11-12-34-16-19(2)26-22(27(34)36)14-20(3)39-26/h8-10,13-16H,7,11-12,17-18H2,1-6H3. The fourth-order valence-corrected chi connectivity index (χ4v) is 6.08. The third-order valence-electron chi connectivity index (χ3n) is 7.59. The molecule has 40 heavy (non-hydrogen) atoms. The van der Waals surface area contributed by atoms with Crippen LogP contribution in [0, 0.1) is 19.3 Å². The van der Waals surface area contributed by atoms with E-state index in [4.69, 9.17) is 4.42 Å². The van der Waals surface area contributed by atoms with Crippen LogP contribution in [0.1, 0.15) is 42.7 Å². The highest BCUT2D eigenvalue weighted by Gasteiger charge is 2.45. The fourth-order valence-electron chi connectivity index (χ4n) is 5.43. The summed E-state index contributed by atoms with van der Waals surface area (Å²) in [5, 5.41) is 3.54. The van der Waals surface area contributed by atoms with E-state index in [0.29, 0.717) is 49.4 Å². The lowest BCUT2D eigenvalue weighted by Crippen LogP contribution is -2.47. The highest BCUT2D eigenvalue weighted by Crippen LogP contribution is 2.39. The zero-order valence-corrected chi connectivity index (χ0v) is 24.7. The molecular formula is C30H35N5O4S. The molecule has 0 saturated heterocycles. The summed E-state index contributed by atoms with van der Waals surface area (Å²) in [6, 6.07) is 7.74. The number of hydrogen-bond donors (Lipinski definition) is 0. The van der Waals surface area contributed by atoms with E-state index in [1.807, 2.05) is 50.5 Å². The zero-order valence-electron chi connectivity index (χ0n) is 23.9. The van der Waals surface area contributed by atoms with Crippen molar-refractivity contribution < 1.29 is 14.0 Å². The number of amides is 2. The smallest absolute Gasteiger partial charge is 0.261 e. The minimum absolute atomic E-state index is 0.0660. The van der Waals surface area contributed by atoms with Crippen molar-refractivity contribution in [3.05, 3.63) is 74.3 Å². The van der Waals surface area contributed by atoms with E-state index in [1.54, 1.807) is 58.9 Å². The van der Waals surface area contributed by atoms with Crippen LogP contribution in [-0.4, -0.2) is 46.4 Å². The third-order valence-corrected chi connectivity index (χ3v) is 8.35. The third kappa shape index (κ3) is 4.97. The Hall–Kier alpha value is -3.76. The number of aromatic nitrogens is 2. The van der Waals surface area contributed by atoms with Gasteiger partial charge < -0.3 is 18.8 Å². The van der Waals surface area contributed by atoms with Crippen molar-refractivity contribution in [2.75, 3.05) is 29.9 Å². The first-order valence-corrected chi connectivity index (χ1v) is 14.3. The molecule has 0 aliphatic carbocycles. The predicted molar refractivity (Wildman–Crippen MR) is 158 cm³/mol. The number of hydrogen-bond acceptors (Lipinski definition) is 7. The van der Waals surface area contributed by atoms with Crippen molar-refractivity contribution in [3.63, 3.8) is 0 Å². The molecule has 1 aliphatic heterocycles. The van der Waals surface area contributed by atoms with Gasteiger partial charge in [0, 0.05) is 56.6 Å². The highest BCUT2D eigenvalue weighted by atomic mass is 32.1. The van der Waals surface area contributed by atoms with Crippen LogP contribution in [0.2, 0.25) is 0 Å². The van der Waals surface area contributed by atoms with Crippen LogP contribution in [0.25, 0.3) is 11.0 Å². The van der Waals surface area contributed by atoms with E-state index < -0.39 is 5.41 Å². The topological polar surface area (TPSA) is 91.9 Å². The first kappa shape index (κ1) is 27.8. The number of carbonyl (C=O) groups excluding carboxylic acids is 2. The Morgan fingerprint density at radius 2 is 1.82 bits per heavy atom. The van der Waals surface area contributed by atoms with Crippen molar-refractivity contribution in [2.24, 2.45) is 5.41 Å². The van der Waals surface area contributed by atoms with Crippen LogP contribution in [-0.2, 0) is 29.2 Å². The lowest BCUT2D eigenvalue weighted by Gasteiger charge is -2.27. The van der Waals surface area contributed by atoms with Gasteiger partial charge in [-0.3, -0.25) is 19.3 Å².